The third-order valence-corrected chi connectivity index (χ3v) is 5.97. The molecule has 3 heterocycles. The molecule has 150 valence electrons. The van der Waals surface area contributed by atoms with Gasteiger partial charge in [-0.3, -0.25) is 14.2 Å². The summed E-state index contributed by atoms with van der Waals surface area (Å²) in [6, 6.07) is 9.31. The maximum Gasteiger partial charge on any atom is 0.261 e. The maximum absolute atomic E-state index is 13.2. The highest BCUT2D eigenvalue weighted by atomic mass is 16.3. The molecular formula is C23H25N3O3. The average Bonchev–Trinajstić information content (AvgIpc) is 3.42. The number of aryl methyl sites for hydroxylation is 1. The first kappa shape index (κ1) is 18.2. The van der Waals surface area contributed by atoms with E-state index < -0.39 is 0 Å². The normalized spacial score (nSPS) is 16.8. The summed E-state index contributed by atoms with van der Waals surface area (Å²) in [6.07, 6.45) is 8.89. The van der Waals surface area contributed by atoms with E-state index in [4.69, 9.17) is 9.40 Å². The van der Waals surface area contributed by atoms with Crippen LogP contribution in [-0.2, 0) is 19.5 Å². The van der Waals surface area contributed by atoms with Crippen LogP contribution in [0.3, 0.4) is 0 Å². The standard InChI is InChI=1S/C23H25N3O3/c27-22(26(17-9-10-17)15-18-6-5-13-29-18)16-8-11-19-20(14-16)24-21-7-3-1-2-4-12-25(21)23(19)28/h5-6,8,11,13-14,17H,1-4,7,9-10,12,15H2. The molecule has 5 rings (SSSR count). The number of nitrogens with zero attached hydrogens (tertiary/aromatic N) is 3. The molecule has 1 aliphatic heterocycles. The van der Waals surface area contributed by atoms with E-state index >= 15 is 0 Å². The van der Waals surface area contributed by atoms with Crippen LogP contribution in [-0.4, -0.2) is 26.4 Å². The molecule has 2 aromatic heterocycles. The predicted octanol–water partition coefficient (Wildman–Crippen LogP) is 3.91. The van der Waals surface area contributed by atoms with Crippen molar-refractivity contribution in [1.29, 1.82) is 0 Å². The van der Waals surface area contributed by atoms with Crippen molar-refractivity contribution in [2.75, 3.05) is 0 Å². The van der Waals surface area contributed by atoms with Crippen molar-refractivity contribution < 1.29 is 9.21 Å². The largest absolute Gasteiger partial charge is 0.467 e. The fourth-order valence-electron chi connectivity index (χ4n) is 4.22. The third kappa shape index (κ3) is 3.59. The Morgan fingerprint density at radius 2 is 2.03 bits per heavy atom. The molecule has 2 aliphatic rings. The Kier molecular flexibility index (Phi) is 4.70. The van der Waals surface area contributed by atoms with Crippen molar-refractivity contribution in [3.63, 3.8) is 0 Å². The highest BCUT2D eigenvalue weighted by molar-refractivity contribution is 5.98. The fraction of sp³-hybridized carbons (Fsp3) is 0.435. The molecule has 1 aromatic carbocycles. The summed E-state index contributed by atoms with van der Waals surface area (Å²) in [5.74, 6) is 1.60. The Balaban J connectivity index is 1.50. The van der Waals surface area contributed by atoms with Crippen LogP contribution < -0.4 is 5.56 Å². The van der Waals surface area contributed by atoms with Gasteiger partial charge in [-0.2, -0.15) is 0 Å². The van der Waals surface area contributed by atoms with Gasteiger partial charge in [-0.25, -0.2) is 4.98 Å². The van der Waals surface area contributed by atoms with Gasteiger partial charge in [0.05, 0.1) is 23.7 Å². The van der Waals surface area contributed by atoms with Gasteiger partial charge < -0.3 is 9.32 Å². The topological polar surface area (TPSA) is 68.3 Å². The van der Waals surface area contributed by atoms with Crippen LogP contribution in [0.5, 0.6) is 0 Å². The molecule has 0 atom stereocenters. The molecule has 1 amide bonds. The van der Waals surface area contributed by atoms with E-state index in [2.05, 4.69) is 0 Å². The molecule has 29 heavy (non-hydrogen) atoms. The molecule has 0 saturated heterocycles. The highest BCUT2D eigenvalue weighted by Crippen LogP contribution is 2.30. The molecule has 6 heteroatoms. The first-order valence-corrected chi connectivity index (χ1v) is 10.6. The van der Waals surface area contributed by atoms with Gasteiger partial charge in [0.1, 0.15) is 11.6 Å². The lowest BCUT2D eigenvalue weighted by Gasteiger charge is -2.22. The van der Waals surface area contributed by atoms with Crippen LogP contribution in [0.1, 0.15) is 60.5 Å². The van der Waals surface area contributed by atoms with Gasteiger partial charge in [0.2, 0.25) is 0 Å². The number of amides is 1. The number of furan rings is 1. The number of hydrogen-bond acceptors (Lipinski definition) is 4. The van der Waals surface area contributed by atoms with Crippen molar-refractivity contribution in [3.05, 3.63) is 64.1 Å². The van der Waals surface area contributed by atoms with Crippen molar-refractivity contribution in [3.8, 4) is 0 Å². The molecule has 0 bridgehead atoms. The van der Waals surface area contributed by atoms with Crippen molar-refractivity contribution >= 4 is 16.8 Å². The van der Waals surface area contributed by atoms with Crippen LogP contribution in [0.2, 0.25) is 0 Å². The van der Waals surface area contributed by atoms with E-state index in [0.717, 1.165) is 56.7 Å². The molecule has 0 spiro atoms. The monoisotopic (exact) mass is 391 g/mol. The molecule has 3 aromatic rings. The number of benzene rings is 1. The molecule has 6 nitrogen and oxygen atoms in total. The van der Waals surface area contributed by atoms with E-state index in [1.54, 1.807) is 24.5 Å². The zero-order chi connectivity index (χ0) is 19.8. The number of fused-ring (bicyclic) bond motifs is 2. The summed E-state index contributed by atoms with van der Waals surface area (Å²) in [7, 11) is 0. The van der Waals surface area contributed by atoms with Crippen LogP contribution in [0.25, 0.3) is 10.9 Å². The molecule has 0 N–H and O–H groups in total. The van der Waals surface area contributed by atoms with Gasteiger partial charge in [0, 0.05) is 24.6 Å². The lowest BCUT2D eigenvalue weighted by atomic mass is 10.1. The molecular weight excluding hydrogens is 366 g/mol. The second kappa shape index (κ2) is 7.50. The minimum absolute atomic E-state index is 0.0144. The Hall–Kier alpha value is -2.89. The van der Waals surface area contributed by atoms with Gasteiger partial charge in [-0.05, 0) is 56.0 Å². The minimum atomic E-state index is -0.0283. The first-order chi connectivity index (χ1) is 14.2. The summed E-state index contributed by atoms with van der Waals surface area (Å²) in [4.78, 5) is 32.9. The van der Waals surface area contributed by atoms with E-state index in [-0.39, 0.29) is 17.5 Å². The van der Waals surface area contributed by atoms with Crippen LogP contribution >= 0.6 is 0 Å². The van der Waals surface area contributed by atoms with Crippen LogP contribution in [0.4, 0.5) is 0 Å². The Bertz CT molecular complexity index is 1100. The molecule has 1 fully saturated rings. The number of carbonyl (C=O) groups excluding carboxylic acids is 1. The second-order valence-electron chi connectivity index (χ2n) is 8.12. The third-order valence-electron chi connectivity index (χ3n) is 5.97. The van der Waals surface area contributed by atoms with E-state index in [0.29, 0.717) is 23.0 Å². The Morgan fingerprint density at radius 3 is 2.83 bits per heavy atom. The van der Waals surface area contributed by atoms with Crippen molar-refractivity contribution in [1.82, 2.24) is 14.5 Å². The predicted molar refractivity (Wildman–Crippen MR) is 110 cm³/mol. The fourth-order valence-corrected chi connectivity index (χ4v) is 4.22. The van der Waals surface area contributed by atoms with E-state index in [1.165, 1.54) is 6.42 Å². The maximum atomic E-state index is 13.2. The van der Waals surface area contributed by atoms with Gasteiger partial charge >= 0.3 is 0 Å². The van der Waals surface area contributed by atoms with Crippen molar-refractivity contribution in [2.24, 2.45) is 0 Å². The molecule has 1 saturated carbocycles. The SMILES string of the molecule is O=C(c1ccc2c(=O)n3c(nc2c1)CCCCCC3)N(Cc1ccco1)C1CC1. The number of hydrogen-bond donors (Lipinski definition) is 0. The average molecular weight is 391 g/mol. The minimum Gasteiger partial charge on any atom is -0.467 e. The highest BCUT2D eigenvalue weighted by Gasteiger charge is 2.33. The van der Waals surface area contributed by atoms with E-state index in [9.17, 15) is 9.59 Å². The quantitative estimate of drug-likeness (QED) is 0.676. The van der Waals surface area contributed by atoms with Crippen LogP contribution in [0.15, 0.2) is 45.8 Å². The van der Waals surface area contributed by atoms with Gasteiger partial charge in [-0.1, -0.05) is 12.8 Å². The number of carbonyl (C=O) groups is 1. The summed E-state index contributed by atoms with van der Waals surface area (Å²) in [5.41, 5.74) is 1.22. The first-order valence-electron chi connectivity index (χ1n) is 10.6. The van der Waals surface area contributed by atoms with Gasteiger partial charge in [0.25, 0.3) is 11.5 Å². The summed E-state index contributed by atoms with van der Waals surface area (Å²) >= 11 is 0. The summed E-state index contributed by atoms with van der Waals surface area (Å²) < 4.78 is 7.28. The summed E-state index contributed by atoms with van der Waals surface area (Å²) in [6.45, 7) is 1.20. The molecule has 0 unspecified atom stereocenters. The zero-order valence-corrected chi connectivity index (χ0v) is 16.5. The zero-order valence-electron chi connectivity index (χ0n) is 16.5. The van der Waals surface area contributed by atoms with Crippen molar-refractivity contribution in [2.45, 2.75) is 64.1 Å². The molecule has 0 radical (unpaired) electrons. The van der Waals surface area contributed by atoms with Gasteiger partial charge in [-0.15, -0.1) is 0 Å². The lowest BCUT2D eigenvalue weighted by Crippen LogP contribution is -2.32. The Morgan fingerprint density at radius 1 is 1.17 bits per heavy atom. The number of rotatable bonds is 4. The van der Waals surface area contributed by atoms with Gasteiger partial charge in [0.15, 0.2) is 0 Å². The smallest absolute Gasteiger partial charge is 0.261 e. The second-order valence-corrected chi connectivity index (χ2v) is 8.12. The summed E-state index contributed by atoms with van der Waals surface area (Å²) in [5, 5.41) is 0.592. The molecule has 1 aliphatic carbocycles. The lowest BCUT2D eigenvalue weighted by molar-refractivity contribution is 0.0717. The number of aromatic nitrogens is 2. The van der Waals surface area contributed by atoms with E-state index in [1.807, 2.05) is 21.6 Å². The van der Waals surface area contributed by atoms with Crippen LogP contribution in [0, 0.1) is 0 Å². The Labute approximate surface area is 169 Å².